The highest BCUT2D eigenvalue weighted by Crippen LogP contribution is 1.38. The van der Waals surface area contributed by atoms with E-state index >= 15 is 0 Å². The molecule has 0 atom stereocenters. The fourth-order valence-corrected chi connectivity index (χ4v) is 0. The Kier molecular flexibility index (Phi) is 26.0. The van der Waals surface area contributed by atoms with E-state index in [0.29, 0.717) is 0 Å². The van der Waals surface area contributed by atoms with Crippen molar-refractivity contribution in [3.63, 3.8) is 0 Å². The highest BCUT2D eigenvalue weighted by molar-refractivity contribution is 5.51. The van der Waals surface area contributed by atoms with Gasteiger partial charge in [-0.25, -0.2) is 0 Å². The summed E-state index contributed by atoms with van der Waals surface area (Å²) in [7, 11) is 0. The second kappa shape index (κ2) is 19.2. The maximum absolute atomic E-state index is 8.81. The topological polar surface area (TPSA) is 49.7 Å². The van der Waals surface area contributed by atoms with Gasteiger partial charge in [0, 0.05) is 6.21 Å². The van der Waals surface area contributed by atoms with E-state index in [1.807, 2.05) is 0 Å². The lowest BCUT2D eigenvalue weighted by atomic mass is 10.9. The number of nitrogens with zero attached hydrogens (tertiary/aromatic N) is 1. The molecule has 0 unspecified atom stereocenters. The molecule has 3 heteroatoms. The molecule has 0 aromatic rings. The molecule has 0 radical (unpaired) electrons. The molecule has 0 aromatic carbocycles. The molecule has 0 saturated heterocycles. The van der Waals surface area contributed by atoms with Gasteiger partial charge in [-0.1, -0.05) is 0 Å². The van der Waals surface area contributed by atoms with Crippen LogP contribution < -0.4 is 0 Å². The molecular formula is C4H9NO2. The number of rotatable bonds is 0. The Morgan fingerprint density at radius 2 is 1.71 bits per heavy atom. The number of hydrogen-bond acceptors (Lipinski definition) is 3. The van der Waals surface area contributed by atoms with Gasteiger partial charge in [0.2, 0.25) is 0 Å². The van der Waals surface area contributed by atoms with E-state index < -0.39 is 0 Å². The lowest BCUT2D eigenvalue weighted by molar-refractivity contribution is -0.106. The molecule has 0 aliphatic rings. The third-order valence-electron chi connectivity index (χ3n) is 0.115. The third kappa shape index (κ3) is 2590. The van der Waals surface area contributed by atoms with Crippen LogP contribution in [-0.2, 0) is 4.79 Å². The molecule has 0 heterocycles. The van der Waals surface area contributed by atoms with E-state index in [9.17, 15) is 0 Å². The van der Waals surface area contributed by atoms with Gasteiger partial charge in [0.05, 0.1) is 0 Å². The fourth-order valence-electron chi connectivity index (χ4n) is 0. The summed E-state index contributed by atoms with van der Waals surface area (Å²) >= 11 is 0. The summed E-state index contributed by atoms with van der Waals surface area (Å²) in [5.74, 6) is 0. The van der Waals surface area contributed by atoms with Crippen LogP contribution >= 0.6 is 0 Å². The van der Waals surface area contributed by atoms with E-state index in [4.69, 9.17) is 10.0 Å². The third-order valence-corrected chi connectivity index (χ3v) is 0.115. The average molecular weight is 103 g/mol. The van der Waals surface area contributed by atoms with Crippen molar-refractivity contribution in [3.8, 4) is 0 Å². The molecule has 1 N–H and O–H groups in total. The highest BCUT2D eigenvalue weighted by atomic mass is 16.4. The molecule has 7 heavy (non-hydrogen) atoms. The quantitative estimate of drug-likeness (QED) is 0.212. The number of carbonyl (C=O) groups excluding carboxylic acids is 1. The number of oxime groups is 1. The normalized spacial score (nSPS) is 7.14. The lowest BCUT2D eigenvalue weighted by Gasteiger charge is -1.54. The number of hydrogen-bond donors (Lipinski definition) is 1. The van der Waals surface area contributed by atoms with E-state index in [0.717, 1.165) is 6.29 Å². The molecule has 3 nitrogen and oxygen atoms in total. The maximum atomic E-state index is 8.81. The van der Waals surface area contributed by atoms with Gasteiger partial charge in [-0.3, -0.25) is 0 Å². The standard InChI is InChI=1S/C2H5NO.C2H4O/c1-2-3-4;1-2-3/h2,4H,1H3;2H,1H3/b3-2+;. The Morgan fingerprint density at radius 1 is 1.57 bits per heavy atom. The van der Waals surface area contributed by atoms with Gasteiger partial charge >= 0.3 is 0 Å². The molecule has 0 saturated carbocycles. The molecule has 0 fully saturated rings. The molecule has 0 aliphatic carbocycles. The Balaban J connectivity index is 0. The Bertz CT molecular complexity index is 47.7. The van der Waals surface area contributed by atoms with E-state index in [1.165, 1.54) is 13.1 Å². The van der Waals surface area contributed by atoms with E-state index in [2.05, 4.69) is 5.16 Å². The van der Waals surface area contributed by atoms with Crippen LogP contribution in [-0.4, -0.2) is 17.7 Å². The molecule has 0 bridgehead atoms. The van der Waals surface area contributed by atoms with Crippen LogP contribution in [0.2, 0.25) is 0 Å². The van der Waals surface area contributed by atoms with Crippen molar-refractivity contribution in [2.24, 2.45) is 5.16 Å². The van der Waals surface area contributed by atoms with Crippen LogP contribution in [0.3, 0.4) is 0 Å². The van der Waals surface area contributed by atoms with Crippen LogP contribution in [0.1, 0.15) is 13.8 Å². The largest absolute Gasteiger partial charge is 0.411 e. The predicted octanol–water partition coefficient (Wildman–Crippen LogP) is 0.671. The first-order valence-corrected chi connectivity index (χ1v) is 1.85. The minimum absolute atomic E-state index is 0.750. The van der Waals surface area contributed by atoms with Gasteiger partial charge < -0.3 is 10.0 Å². The predicted molar refractivity (Wildman–Crippen MR) is 27.7 cm³/mol. The minimum atomic E-state index is 0.750. The molecule has 0 spiro atoms. The molecule has 0 rings (SSSR count). The summed E-state index contributed by atoms with van der Waals surface area (Å²) in [6.45, 7) is 3.08. The zero-order chi connectivity index (χ0) is 6.12. The second-order valence-corrected chi connectivity index (χ2v) is 0.609. The molecule has 0 aromatic heterocycles. The van der Waals surface area contributed by atoms with Crippen molar-refractivity contribution in [3.05, 3.63) is 0 Å². The Labute approximate surface area is 42.6 Å². The van der Waals surface area contributed by atoms with Gasteiger partial charge in [-0.15, -0.1) is 5.16 Å². The SMILES string of the molecule is C/C=N/O.CC=O. The molecule has 0 aliphatic heterocycles. The van der Waals surface area contributed by atoms with Crippen molar-refractivity contribution < 1.29 is 10.0 Å². The van der Waals surface area contributed by atoms with Crippen molar-refractivity contribution in [1.82, 2.24) is 0 Å². The van der Waals surface area contributed by atoms with E-state index in [-0.39, 0.29) is 0 Å². The van der Waals surface area contributed by atoms with Gasteiger partial charge in [-0.2, -0.15) is 0 Å². The summed E-state index contributed by atoms with van der Waals surface area (Å²) in [4.78, 5) is 8.81. The monoisotopic (exact) mass is 103 g/mol. The fraction of sp³-hybridized carbons (Fsp3) is 0.500. The van der Waals surface area contributed by atoms with Crippen LogP contribution in [0.4, 0.5) is 0 Å². The number of aldehydes is 1. The average Bonchev–Trinajstić information content (AvgIpc) is 1.69. The molecule has 42 valence electrons. The van der Waals surface area contributed by atoms with Gasteiger partial charge in [0.25, 0.3) is 0 Å². The van der Waals surface area contributed by atoms with Crippen LogP contribution in [0.5, 0.6) is 0 Å². The first kappa shape index (κ1) is 9.46. The van der Waals surface area contributed by atoms with Crippen molar-refractivity contribution in [2.75, 3.05) is 0 Å². The summed E-state index contributed by atoms with van der Waals surface area (Å²) in [5, 5.41) is 10.1. The second-order valence-electron chi connectivity index (χ2n) is 0.609. The van der Waals surface area contributed by atoms with Gasteiger partial charge in [0.1, 0.15) is 6.29 Å². The summed E-state index contributed by atoms with van der Waals surface area (Å²) in [5.41, 5.74) is 0. The van der Waals surface area contributed by atoms with Crippen LogP contribution in [0.15, 0.2) is 5.16 Å². The first-order chi connectivity index (χ1) is 3.33. The lowest BCUT2D eigenvalue weighted by Crippen LogP contribution is -1.49. The summed E-state index contributed by atoms with van der Waals surface area (Å²) in [6, 6.07) is 0. The highest BCUT2D eigenvalue weighted by Gasteiger charge is 1.34. The smallest absolute Gasteiger partial charge is 0.116 e. The Morgan fingerprint density at radius 3 is 1.71 bits per heavy atom. The van der Waals surface area contributed by atoms with Crippen molar-refractivity contribution in [1.29, 1.82) is 0 Å². The van der Waals surface area contributed by atoms with Crippen molar-refractivity contribution in [2.45, 2.75) is 13.8 Å². The van der Waals surface area contributed by atoms with E-state index in [1.54, 1.807) is 6.92 Å². The molecule has 0 amide bonds. The maximum Gasteiger partial charge on any atom is 0.116 e. The molecular weight excluding hydrogens is 94.0 g/mol. The summed E-state index contributed by atoms with van der Waals surface area (Å²) in [6.07, 6.45) is 2.06. The van der Waals surface area contributed by atoms with Gasteiger partial charge in [0.15, 0.2) is 0 Å². The Hall–Kier alpha value is -0.860. The van der Waals surface area contributed by atoms with Gasteiger partial charge in [-0.05, 0) is 13.8 Å². The van der Waals surface area contributed by atoms with Crippen LogP contribution in [0, 0.1) is 0 Å². The first-order valence-electron chi connectivity index (χ1n) is 1.85. The zero-order valence-electron chi connectivity index (χ0n) is 4.46. The van der Waals surface area contributed by atoms with Crippen molar-refractivity contribution >= 4 is 12.5 Å². The summed E-state index contributed by atoms with van der Waals surface area (Å²) < 4.78 is 0. The number of carbonyl (C=O) groups is 1. The minimum Gasteiger partial charge on any atom is -0.411 e. The zero-order valence-corrected chi connectivity index (χ0v) is 4.46. The van der Waals surface area contributed by atoms with Crippen LogP contribution in [0.25, 0.3) is 0 Å².